The third-order valence-electron chi connectivity index (χ3n) is 1.58. The lowest BCUT2D eigenvalue weighted by Gasteiger charge is -2.25. The van der Waals surface area contributed by atoms with E-state index in [1.165, 1.54) is 6.92 Å². The number of hydrogen-bond acceptors (Lipinski definition) is 3. The van der Waals surface area contributed by atoms with E-state index < -0.39 is 17.7 Å². The summed E-state index contributed by atoms with van der Waals surface area (Å²) in [7, 11) is 0. The van der Waals surface area contributed by atoms with Crippen LogP contribution in [0.3, 0.4) is 0 Å². The molecule has 0 aliphatic rings. The minimum Gasteiger partial charge on any atom is -0.479 e. The van der Waals surface area contributed by atoms with Gasteiger partial charge in [0.1, 0.15) is 0 Å². The molecule has 0 radical (unpaired) electrons. The number of aliphatic hydroxyl groups is 2. The minimum atomic E-state index is -1.69. The second-order valence-electron chi connectivity index (χ2n) is 2.85. The van der Waals surface area contributed by atoms with Gasteiger partial charge in [0.2, 0.25) is 0 Å². The molecule has 0 fully saturated rings. The van der Waals surface area contributed by atoms with E-state index in [1.54, 1.807) is 0 Å². The van der Waals surface area contributed by atoms with Crippen LogP contribution in [0.4, 0.5) is 0 Å². The van der Waals surface area contributed by atoms with Gasteiger partial charge < -0.3 is 15.3 Å². The van der Waals surface area contributed by atoms with Crippen molar-refractivity contribution < 1.29 is 20.1 Å². The van der Waals surface area contributed by atoms with Crippen molar-refractivity contribution in [2.45, 2.75) is 38.4 Å². The fourth-order valence-corrected chi connectivity index (χ4v) is 0.909. The largest absolute Gasteiger partial charge is 0.479 e. The number of aliphatic carboxylic acids is 1. The maximum atomic E-state index is 10.2. The molecule has 0 bridgehead atoms. The molecule has 66 valence electrons. The number of aliphatic hydroxyl groups excluding tert-OH is 1. The van der Waals surface area contributed by atoms with Crippen molar-refractivity contribution in [2.75, 3.05) is 0 Å². The molecule has 0 unspecified atom stereocenters. The molecule has 4 heteroatoms. The summed E-state index contributed by atoms with van der Waals surface area (Å²) < 4.78 is 0. The second-order valence-corrected chi connectivity index (χ2v) is 2.85. The van der Waals surface area contributed by atoms with Gasteiger partial charge in [0.05, 0.1) is 5.60 Å². The predicted octanol–water partition coefficient (Wildman–Crippen LogP) is -0.0170. The molecule has 2 atom stereocenters. The molecule has 3 N–H and O–H groups in total. The van der Waals surface area contributed by atoms with Gasteiger partial charge in [-0.3, -0.25) is 0 Å². The van der Waals surface area contributed by atoms with Crippen LogP contribution in [-0.2, 0) is 4.79 Å². The first kappa shape index (κ1) is 10.4. The monoisotopic (exact) mass is 162 g/mol. The van der Waals surface area contributed by atoms with Crippen LogP contribution in [0, 0.1) is 0 Å². The van der Waals surface area contributed by atoms with Crippen molar-refractivity contribution in [3.63, 3.8) is 0 Å². The number of rotatable bonds is 4. The van der Waals surface area contributed by atoms with Gasteiger partial charge in [0.15, 0.2) is 6.10 Å². The molecule has 0 saturated carbocycles. The van der Waals surface area contributed by atoms with Gasteiger partial charge in [-0.2, -0.15) is 0 Å². The Hall–Kier alpha value is -0.610. The van der Waals surface area contributed by atoms with E-state index in [2.05, 4.69) is 0 Å². The number of carboxylic acids is 1. The molecule has 0 aliphatic heterocycles. The quantitative estimate of drug-likeness (QED) is 0.543. The maximum absolute atomic E-state index is 10.2. The fourth-order valence-electron chi connectivity index (χ4n) is 0.909. The van der Waals surface area contributed by atoms with Crippen molar-refractivity contribution in [3.8, 4) is 0 Å². The lowest BCUT2D eigenvalue weighted by Crippen LogP contribution is -2.44. The standard InChI is InChI=1S/C7H14O4/c1-3-4-7(2,11)5(8)6(9)10/h5,8,11H,3-4H2,1-2H3,(H,9,10)/t5-,7+/m1/s1. The number of carbonyl (C=O) groups is 1. The van der Waals surface area contributed by atoms with Crippen LogP contribution in [0.25, 0.3) is 0 Å². The Kier molecular flexibility index (Phi) is 3.48. The highest BCUT2D eigenvalue weighted by Crippen LogP contribution is 2.16. The smallest absolute Gasteiger partial charge is 0.335 e. The Morgan fingerprint density at radius 2 is 2.09 bits per heavy atom. The third-order valence-corrected chi connectivity index (χ3v) is 1.58. The van der Waals surface area contributed by atoms with Crippen molar-refractivity contribution in [3.05, 3.63) is 0 Å². The van der Waals surface area contributed by atoms with Gasteiger partial charge in [0, 0.05) is 0 Å². The minimum absolute atomic E-state index is 0.278. The third kappa shape index (κ3) is 2.86. The van der Waals surface area contributed by atoms with Crippen LogP contribution in [0.1, 0.15) is 26.7 Å². The Morgan fingerprint density at radius 1 is 1.64 bits per heavy atom. The molecule has 0 saturated heterocycles. The average molecular weight is 162 g/mol. The lowest BCUT2D eigenvalue weighted by molar-refractivity contribution is -0.161. The number of carboxylic acid groups (broad SMARTS) is 1. The second kappa shape index (κ2) is 3.69. The highest BCUT2D eigenvalue weighted by atomic mass is 16.4. The summed E-state index contributed by atoms with van der Waals surface area (Å²) in [5.41, 5.74) is -1.51. The molecule has 0 amide bonds. The SMILES string of the molecule is CCC[C@](C)(O)[C@H](O)C(=O)O. The van der Waals surface area contributed by atoms with Crippen LogP contribution < -0.4 is 0 Å². The first-order valence-corrected chi connectivity index (χ1v) is 3.55. The van der Waals surface area contributed by atoms with Gasteiger partial charge >= 0.3 is 5.97 Å². The summed E-state index contributed by atoms with van der Waals surface area (Å²) in [4.78, 5) is 10.2. The normalized spacial score (nSPS) is 18.9. The number of hydrogen-bond donors (Lipinski definition) is 3. The zero-order valence-electron chi connectivity index (χ0n) is 6.74. The van der Waals surface area contributed by atoms with E-state index in [-0.39, 0.29) is 6.42 Å². The van der Waals surface area contributed by atoms with Crippen LogP contribution in [0.5, 0.6) is 0 Å². The van der Waals surface area contributed by atoms with Gasteiger partial charge in [-0.25, -0.2) is 4.79 Å². The highest BCUT2D eigenvalue weighted by molar-refractivity contribution is 5.73. The van der Waals surface area contributed by atoms with Crippen LogP contribution in [0.15, 0.2) is 0 Å². The summed E-state index contributed by atoms with van der Waals surface area (Å²) in [6.45, 7) is 3.12. The molecule has 11 heavy (non-hydrogen) atoms. The van der Waals surface area contributed by atoms with Gasteiger partial charge in [-0.1, -0.05) is 13.3 Å². The van der Waals surface area contributed by atoms with Crippen molar-refractivity contribution >= 4 is 5.97 Å². The molecule has 0 aromatic heterocycles. The Morgan fingerprint density at radius 3 is 2.36 bits per heavy atom. The van der Waals surface area contributed by atoms with Crippen LogP contribution in [-0.4, -0.2) is 33.0 Å². The summed E-state index contributed by atoms with van der Waals surface area (Å²) in [6.07, 6.45) is -0.778. The highest BCUT2D eigenvalue weighted by Gasteiger charge is 2.34. The van der Waals surface area contributed by atoms with Gasteiger partial charge in [-0.05, 0) is 13.3 Å². The zero-order valence-corrected chi connectivity index (χ0v) is 6.74. The molecule has 4 nitrogen and oxygen atoms in total. The van der Waals surface area contributed by atoms with E-state index in [9.17, 15) is 9.90 Å². The maximum Gasteiger partial charge on any atom is 0.335 e. The van der Waals surface area contributed by atoms with Crippen LogP contribution >= 0.6 is 0 Å². The summed E-state index contributed by atoms with van der Waals surface area (Å²) in [5.74, 6) is -1.39. The molecule has 0 aromatic carbocycles. The van der Waals surface area contributed by atoms with Crippen molar-refractivity contribution in [2.24, 2.45) is 0 Å². The van der Waals surface area contributed by atoms with Crippen molar-refractivity contribution in [1.29, 1.82) is 0 Å². The van der Waals surface area contributed by atoms with Gasteiger partial charge in [0.25, 0.3) is 0 Å². The molecular formula is C7H14O4. The molecule has 0 heterocycles. The zero-order chi connectivity index (χ0) is 9.07. The lowest BCUT2D eigenvalue weighted by atomic mass is 9.94. The Bertz CT molecular complexity index is 141. The van der Waals surface area contributed by atoms with Gasteiger partial charge in [-0.15, -0.1) is 0 Å². The molecule has 0 rings (SSSR count). The van der Waals surface area contributed by atoms with E-state index >= 15 is 0 Å². The first-order chi connectivity index (χ1) is 4.91. The Labute approximate surface area is 65.5 Å². The van der Waals surface area contributed by atoms with Crippen LogP contribution in [0.2, 0.25) is 0 Å². The fraction of sp³-hybridized carbons (Fsp3) is 0.857. The predicted molar refractivity (Wildman–Crippen MR) is 39.2 cm³/mol. The van der Waals surface area contributed by atoms with E-state index in [0.29, 0.717) is 6.42 Å². The van der Waals surface area contributed by atoms with Crippen molar-refractivity contribution in [1.82, 2.24) is 0 Å². The van der Waals surface area contributed by atoms with E-state index in [4.69, 9.17) is 10.2 Å². The topological polar surface area (TPSA) is 77.8 Å². The summed E-state index contributed by atoms with van der Waals surface area (Å²) in [6, 6.07) is 0. The van der Waals surface area contributed by atoms with E-state index in [1.807, 2.05) is 6.92 Å². The molecule has 0 aliphatic carbocycles. The first-order valence-electron chi connectivity index (χ1n) is 3.55. The average Bonchev–Trinajstić information content (AvgIpc) is 1.86. The Balaban J connectivity index is 4.16. The molecule has 0 aromatic rings. The summed E-state index contributed by atoms with van der Waals surface area (Å²) >= 11 is 0. The summed E-state index contributed by atoms with van der Waals surface area (Å²) in [5, 5.41) is 26.6. The molecular weight excluding hydrogens is 148 g/mol. The molecule has 0 spiro atoms. The van der Waals surface area contributed by atoms with E-state index in [0.717, 1.165) is 0 Å².